The summed E-state index contributed by atoms with van der Waals surface area (Å²) in [5.41, 5.74) is 0. The van der Waals surface area contributed by atoms with Crippen LogP contribution in [0.15, 0.2) is 13.2 Å². The molecule has 70 valence electrons. The Morgan fingerprint density at radius 2 is 1.45 bits per heavy atom. The minimum absolute atomic E-state index is 0.903. The van der Waals surface area contributed by atoms with E-state index in [2.05, 4.69) is 33.9 Å². The first-order valence-electron chi connectivity index (χ1n) is 4.77. The Kier molecular flexibility index (Phi) is 34.9. The van der Waals surface area contributed by atoms with Crippen molar-refractivity contribution in [2.45, 2.75) is 53.9 Å². The number of rotatable bonds is 3. The van der Waals surface area contributed by atoms with Gasteiger partial charge in [-0.2, -0.15) is 0 Å². The summed E-state index contributed by atoms with van der Waals surface area (Å²) >= 11 is 0. The zero-order chi connectivity index (χ0) is 9.70. The van der Waals surface area contributed by atoms with Crippen molar-refractivity contribution in [1.29, 1.82) is 0 Å². The van der Waals surface area contributed by atoms with Crippen molar-refractivity contribution >= 4 is 0 Å². The van der Waals surface area contributed by atoms with Gasteiger partial charge in [-0.1, -0.05) is 53.9 Å². The molecule has 0 fully saturated rings. The van der Waals surface area contributed by atoms with Gasteiger partial charge in [0.05, 0.1) is 0 Å². The van der Waals surface area contributed by atoms with Gasteiger partial charge in [-0.15, -0.1) is 13.2 Å². The van der Waals surface area contributed by atoms with Gasteiger partial charge in [-0.05, 0) is 5.92 Å². The van der Waals surface area contributed by atoms with Crippen molar-refractivity contribution in [2.75, 3.05) is 0 Å². The third-order valence-corrected chi connectivity index (χ3v) is 1.14. The van der Waals surface area contributed by atoms with Crippen LogP contribution in [-0.4, -0.2) is 0 Å². The topological polar surface area (TPSA) is 0 Å². The summed E-state index contributed by atoms with van der Waals surface area (Å²) in [7, 11) is 0. The second kappa shape index (κ2) is 22.6. The molecule has 0 aliphatic carbocycles. The average molecular weight is 158 g/mol. The van der Waals surface area contributed by atoms with Crippen molar-refractivity contribution < 1.29 is 0 Å². The molecule has 0 aliphatic rings. The molecule has 11 heavy (non-hydrogen) atoms. The van der Waals surface area contributed by atoms with Crippen LogP contribution in [0.3, 0.4) is 0 Å². The Morgan fingerprint density at radius 1 is 1.09 bits per heavy atom. The molecule has 0 atom stereocenters. The number of hydrogen-bond donors (Lipinski definition) is 0. The Morgan fingerprint density at radius 3 is 1.55 bits per heavy atom. The summed E-state index contributed by atoms with van der Waals surface area (Å²) in [6.07, 6.45) is 4.15. The highest BCUT2D eigenvalue weighted by Crippen LogP contribution is 2.04. The van der Waals surface area contributed by atoms with Gasteiger partial charge in [-0.3, -0.25) is 0 Å². The van der Waals surface area contributed by atoms with Crippen LogP contribution < -0.4 is 0 Å². The normalized spacial score (nSPS) is 7.45. The highest BCUT2D eigenvalue weighted by Gasteiger charge is 1.88. The van der Waals surface area contributed by atoms with Gasteiger partial charge in [0.2, 0.25) is 0 Å². The van der Waals surface area contributed by atoms with Crippen molar-refractivity contribution in [3.63, 3.8) is 0 Å². The predicted molar refractivity (Wildman–Crippen MR) is 57.0 cm³/mol. The largest absolute Gasteiger partial charge is 0.106 e. The first-order chi connectivity index (χ1) is 5.27. The molecule has 0 saturated carbocycles. The van der Waals surface area contributed by atoms with Crippen LogP contribution in [0.5, 0.6) is 0 Å². The lowest BCUT2D eigenvalue weighted by molar-refractivity contribution is 0.550. The quantitative estimate of drug-likeness (QED) is 0.524. The number of unbranched alkanes of at least 4 members (excludes halogenated alkanes) is 1. The van der Waals surface area contributed by atoms with Crippen LogP contribution in [0.4, 0.5) is 0 Å². The minimum Gasteiger partial charge on any atom is -0.106 e. The third-order valence-electron chi connectivity index (χ3n) is 1.14. The van der Waals surface area contributed by atoms with E-state index in [-0.39, 0.29) is 0 Å². The molecule has 0 heterocycles. The summed E-state index contributed by atoms with van der Waals surface area (Å²) in [6.45, 7) is 16.8. The van der Waals surface area contributed by atoms with Crippen molar-refractivity contribution in [3.05, 3.63) is 13.2 Å². The Labute approximate surface area is 73.7 Å². The van der Waals surface area contributed by atoms with Crippen LogP contribution in [0.2, 0.25) is 0 Å². The fourth-order valence-electron chi connectivity index (χ4n) is 0.612. The molecule has 0 aromatic carbocycles. The molecule has 0 spiro atoms. The molecule has 0 saturated heterocycles. The average Bonchev–Trinajstić information content (AvgIpc) is 2.08. The standard InChI is InChI=1S/C7H16.C2H6.C2H4/c1-4-5-6-7(2)3;2*1-2/h7H,4-6H2,1-3H3;1-2H3;1-2H2. The predicted octanol–water partition coefficient (Wildman–Crippen LogP) is 4.66. The summed E-state index contributed by atoms with van der Waals surface area (Å²) < 4.78 is 0. The van der Waals surface area contributed by atoms with Gasteiger partial charge in [-0.25, -0.2) is 0 Å². The first-order valence-corrected chi connectivity index (χ1v) is 4.77. The molecule has 0 unspecified atom stereocenters. The molecule has 0 aromatic rings. The van der Waals surface area contributed by atoms with E-state index in [0.717, 1.165) is 5.92 Å². The second-order valence-electron chi connectivity index (χ2n) is 2.54. The molecule has 0 N–H and O–H groups in total. The van der Waals surface area contributed by atoms with Gasteiger partial charge in [0.25, 0.3) is 0 Å². The molecule has 0 bridgehead atoms. The molecular weight excluding hydrogens is 132 g/mol. The van der Waals surface area contributed by atoms with E-state index in [1.54, 1.807) is 0 Å². The van der Waals surface area contributed by atoms with E-state index in [9.17, 15) is 0 Å². The Balaban J connectivity index is -0.000000138. The van der Waals surface area contributed by atoms with Gasteiger partial charge in [0, 0.05) is 0 Å². The monoisotopic (exact) mass is 158 g/mol. The van der Waals surface area contributed by atoms with Gasteiger partial charge >= 0.3 is 0 Å². The van der Waals surface area contributed by atoms with Crippen LogP contribution in [0, 0.1) is 5.92 Å². The smallest absolute Gasteiger partial charge is 0.0471 e. The maximum absolute atomic E-state index is 3.00. The zero-order valence-electron chi connectivity index (χ0n) is 9.11. The van der Waals surface area contributed by atoms with E-state index in [1.165, 1.54) is 19.3 Å². The minimum atomic E-state index is 0.903. The molecule has 0 aliphatic heterocycles. The molecule has 0 heteroatoms. The van der Waals surface area contributed by atoms with E-state index in [4.69, 9.17) is 0 Å². The molecule has 0 aromatic heterocycles. The highest BCUT2D eigenvalue weighted by atomic mass is 13.9. The van der Waals surface area contributed by atoms with Crippen LogP contribution >= 0.6 is 0 Å². The Hall–Kier alpha value is -0.260. The summed E-state index contributed by atoms with van der Waals surface area (Å²) in [6, 6.07) is 0. The van der Waals surface area contributed by atoms with E-state index >= 15 is 0 Å². The first kappa shape index (κ1) is 17.0. The molecule has 0 nitrogen and oxygen atoms in total. The summed E-state index contributed by atoms with van der Waals surface area (Å²) in [5.74, 6) is 0.903. The maximum atomic E-state index is 3.00. The highest BCUT2D eigenvalue weighted by molar-refractivity contribution is 4.42. The van der Waals surface area contributed by atoms with Crippen LogP contribution in [0.1, 0.15) is 53.9 Å². The van der Waals surface area contributed by atoms with Crippen LogP contribution in [-0.2, 0) is 0 Å². The van der Waals surface area contributed by atoms with E-state index in [0.29, 0.717) is 0 Å². The fraction of sp³-hybridized carbons (Fsp3) is 0.818. The van der Waals surface area contributed by atoms with E-state index < -0.39 is 0 Å². The second-order valence-corrected chi connectivity index (χ2v) is 2.54. The maximum Gasteiger partial charge on any atom is -0.0471 e. The van der Waals surface area contributed by atoms with Crippen molar-refractivity contribution in [3.8, 4) is 0 Å². The van der Waals surface area contributed by atoms with E-state index in [1.807, 2.05) is 13.8 Å². The number of hydrogen-bond acceptors (Lipinski definition) is 0. The summed E-state index contributed by atoms with van der Waals surface area (Å²) in [5, 5.41) is 0. The lowest BCUT2D eigenvalue weighted by atomic mass is 10.1. The van der Waals surface area contributed by atoms with Crippen molar-refractivity contribution in [2.24, 2.45) is 5.92 Å². The van der Waals surface area contributed by atoms with Gasteiger partial charge in [0.1, 0.15) is 0 Å². The van der Waals surface area contributed by atoms with Gasteiger partial charge < -0.3 is 0 Å². The molecule has 0 amide bonds. The zero-order valence-corrected chi connectivity index (χ0v) is 9.11. The summed E-state index contributed by atoms with van der Waals surface area (Å²) in [4.78, 5) is 0. The lowest BCUT2D eigenvalue weighted by Crippen LogP contribution is -1.83. The van der Waals surface area contributed by atoms with Gasteiger partial charge in [0.15, 0.2) is 0 Å². The molecular formula is C11H26. The molecule has 0 rings (SSSR count). The third kappa shape index (κ3) is 41.7. The lowest BCUT2D eigenvalue weighted by Gasteiger charge is -1.98. The van der Waals surface area contributed by atoms with Crippen LogP contribution in [0.25, 0.3) is 0 Å². The fourth-order valence-corrected chi connectivity index (χ4v) is 0.612. The SMILES string of the molecule is C=C.CC.CCCCC(C)C. The van der Waals surface area contributed by atoms with Crippen molar-refractivity contribution in [1.82, 2.24) is 0 Å². The molecule has 0 radical (unpaired) electrons. The Bertz CT molecular complexity index is 37.3.